The molecule has 0 spiro atoms. The van der Waals surface area contributed by atoms with Crippen LogP contribution in [0.4, 0.5) is 0 Å². The predicted molar refractivity (Wildman–Crippen MR) is 77.4 cm³/mol. The SMILES string of the molecule is CCCC(C)(C)CCCCCC(C)CS(=O)(=O)O. The van der Waals surface area contributed by atoms with Crippen LogP contribution in [0, 0.1) is 11.3 Å². The molecule has 0 aromatic heterocycles. The van der Waals surface area contributed by atoms with E-state index >= 15 is 0 Å². The molecule has 0 saturated heterocycles. The van der Waals surface area contributed by atoms with Crippen molar-refractivity contribution in [3.8, 4) is 0 Å². The van der Waals surface area contributed by atoms with E-state index in [2.05, 4.69) is 20.8 Å². The molecule has 1 unspecified atom stereocenters. The van der Waals surface area contributed by atoms with Crippen LogP contribution < -0.4 is 0 Å². The third kappa shape index (κ3) is 11.0. The Balaban J connectivity index is 3.63. The predicted octanol–water partition coefficient (Wildman–Crippen LogP) is 4.29. The molecule has 110 valence electrons. The zero-order chi connectivity index (χ0) is 14.2. The molecule has 18 heavy (non-hydrogen) atoms. The lowest BCUT2D eigenvalue weighted by Crippen LogP contribution is -2.13. The third-order valence-electron chi connectivity index (χ3n) is 3.47. The minimum absolute atomic E-state index is 0.0589. The van der Waals surface area contributed by atoms with E-state index in [0.29, 0.717) is 5.41 Å². The maximum absolute atomic E-state index is 10.7. The summed E-state index contributed by atoms with van der Waals surface area (Å²) >= 11 is 0. The number of unbranched alkanes of at least 4 members (excludes halogenated alkanes) is 2. The maximum Gasteiger partial charge on any atom is 0.265 e. The van der Waals surface area contributed by atoms with E-state index < -0.39 is 10.1 Å². The summed E-state index contributed by atoms with van der Waals surface area (Å²) in [6.07, 6.45) is 8.06. The Hall–Kier alpha value is -0.0900. The van der Waals surface area contributed by atoms with Crippen molar-refractivity contribution >= 4 is 10.1 Å². The molecular weight excluding hydrogens is 248 g/mol. The highest BCUT2D eigenvalue weighted by Crippen LogP contribution is 2.29. The fourth-order valence-electron chi connectivity index (χ4n) is 2.52. The first kappa shape index (κ1) is 17.9. The smallest absolute Gasteiger partial charge is 0.265 e. The fourth-order valence-corrected chi connectivity index (χ4v) is 3.40. The summed E-state index contributed by atoms with van der Waals surface area (Å²) in [5.41, 5.74) is 0.439. The lowest BCUT2D eigenvalue weighted by Gasteiger charge is -2.23. The van der Waals surface area contributed by atoms with Crippen molar-refractivity contribution in [3.63, 3.8) is 0 Å². The van der Waals surface area contributed by atoms with E-state index in [1.807, 2.05) is 6.92 Å². The molecule has 0 rings (SSSR count). The largest absolute Gasteiger partial charge is 0.286 e. The Morgan fingerprint density at radius 3 is 2.22 bits per heavy atom. The molecule has 0 aliphatic rings. The minimum atomic E-state index is -3.80. The molecule has 0 aromatic carbocycles. The van der Waals surface area contributed by atoms with Gasteiger partial charge in [-0.2, -0.15) is 8.42 Å². The zero-order valence-corrected chi connectivity index (χ0v) is 13.2. The van der Waals surface area contributed by atoms with E-state index in [-0.39, 0.29) is 11.7 Å². The lowest BCUT2D eigenvalue weighted by atomic mass is 9.82. The third-order valence-corrected chi connectivity index (χ3v) is 4.46. The number of rotatable bonds is 10. The van der Waals surface area contributed by atoms with E-state index in [1.54, 1.807) is 0 Å². The second-order valence-electron chi connectivity index (χ2n) is 6.37. The highest BCUT2D eigenvalue weighted by atomic mass is 32.2. The van der Waals surface area contributed by atoms with Crippen molar-refractivity contribution in [1.82, 2.24) is 0 Å². The highest BCUT2D eigenvalue weighted by molar-refractivity contribution is 7.85. The van der Waals surface area contributed by atoms with Crippen LogP contribution in [-0.4, -0.2) is 18.7 Å². The van der Waals surface area contributed by atoms with Crippen LogP contribution in [-0.2, 0) is 10.1 Å². The number of hydrogen-bond donors (Lipinski definition) is 1. The molecule has 0 fully saturated rings. The standard InChI is InChI=1S/C14H30O3S/c1-5-10-14(3,4)11-8-6-7-9-13(2)12-18(15,16)17/h13H,5-12H2,1-4H3,(H,15,16,17). The van der Waals surface area contributed by atoms with Gasteiger partial charge in [0.15, 0.2) is 0 Å². The zero-order valence-electron chi connectivity index (χ0n) is 12.4. The summed E-state index contributed by atoms with van der Waals surface area (Å²) in [4.78, 5) is 0. The van der Waals surface area contributed by atoms with Gasteiger partial charge in [0.1, 0.15) is 0 Å². The molecule has 0 aliphatic carbocycles. The van der Waals surface area contributed by atoms with Crippen LogP contribution in [0.3, 0.4) is 0 Å². The van der Waals surface area contributed by atoms with Crippen LogP contribution in [0.2, 0.25) is 0 Å². The monoisotopic (exact) mass is 278 g/mol. The van der Waals surface area contributed by atoms with Crippen LogP contribution in [0.25, 0.3) is 0 Å². The molecule has 0 radical (unpaired) electrons. The summed E-state index contributed by atoms with van der Waals surface area (Å²) < 4.78 is 30.1. The van der Waals surface area contributed by atoms with Gasteiger partial charge in [0.05, 0.1) is 5.75 Å². The molecule has 0 saturated carbocycles. The Morgan fingerprint density at radius 1 is 1.11 bits per heavy atom. The minimum Gasteiger partial charge on any atom is -0.286 e. The van der Waals surface area contributed by atoms with E-state index in [4.69, 9.17) is 4.55 Å². The lowest BCUT2D eigenvalue weighted by molar-refractivity contribution is 0.290. The summed E-state index contributed by atoms with van der Waals surface area (Å²) in [7, 11) is -3.80. The van der Waals surface area contributed by atoms with Gasteiger partial charge in [-0.15, -0.1) is 0 Å². The molecule has 1 N–H and O–H groups in total. The van der Waals surface area contributed by atoms with Crippen LogP contribution >= 0.6 is 0 Å². The average molecular weight is 278 g/mol. The van der Waals surface area contributed by atoms with Crippen molar-refractivity contribution in [1.29, 1.82) is 0 Å². The van der Waals surface area contributed by atoms with E-state index in [0.717, 1.165) is 19.3 Å². The van der Waals surface area contributed by atoms with Gasteiger partial charge in [-0.05, 0) is 30.6 Å². The van der Waals surface area contributed by atoms with Crippen molar-refractivity contribution in [2.24, 2.45) is 11.3 Å². The average Bonchev–Trinajstić information content (AvgIpc) is 2.13. The van der Waals surface area contributed by atoms with E-state index in [9.17, 15) is 8.42 Å². The Bertz CT molecular complexity index is 307. The van der Waals surface area contributed by atoms with Crippen molar-refractivity contribution in [3.05, 3.63) is 0 Å². The van der Waals surface area contributed by atoms with Gasteiger partial charge in [-0.25, -0.2) is 0 Å². The maximum atomic E-state index is 10.7. The topological polar surface area (TPSA) is 54.4 Å². The number of hydrogen-bond acceptors (Lipinski definition) is 2. The molecule has 3 nitrogen and oxygen atoms in total. The Labute approximate surface area is 113 Å². The summed E-state index contributed by atoms with van der Waals surface area (Å²) in [6, 6.07) is 0. The molecule has 0 aliphatic heterocycles. The van der Waals surface area contributed by atoms with Crippen molar-refractivity contribution in [2.75, 3.05) is 5.75 Å². The van der Waals surface area contributed by atoms with Crippen LogP contribution in [0.1, 0.15) is 72.6 Å². The van der Waals surface area contributed by atoms with Gasteiger partial charge in [-0.3, -0.25) is 4.55 Å². The highest BCUT2D eigenvalue weighted by Gasteiger charge is 2.16. The van der Waals surface area contributed by atoms with Gasteiger partial charge in [0.25, 0.3) is 10.1 Å². The molecule has 4 heteroatoms. The molecule has 0 aromatic rings. The van der Waals surface area contributed by atoms with Crippen LogP contribution in [0.15, 0.2) is 0 Å². The normalized spacial score (nSPS) is 14.7. The van der Waals surface area contributed by atoms with Gasteiger partial charge in [0.2, 0.25) is 0 Å². The second-order valence-corrected chi connectivity index (χ2v) is 7.86. The quantitative estimate of drug-likeness (QED) is 0.479. The van der Waals surface area contributed by atoms with Crippen molar-refractivity contribution in [2.45, 2.75) is 72.6 Å². The molecule has 0 heterocycles. The van der Waals surface area contributed by atoms with Gasteiger partial charge in [0, 0.05) is 0 Å². The summed E-state index contributed by atoms with van der Waals surface area (Å²) in [5.74, 6) is -0.0439. The first-order valence-corrected chi connectivity index (χ1v) is 8.72. The summed E-state index contributed by atoms with van der Waals surface area (Å²) in [5, 5.41) is 0. The van der Waals surface area contributed by atoms with Crippen molar-refractivity contribution < 1.29 is 13.0 Å². The molecular formula is C14H30O3S. The molecule has 0 amide bonds. The van der Waals surface area contributed by atoms with E-state index in [1.165, 1.54) is 25.7 Å². The first-order chi connectivity index (χ1) is 8.16. The van der Waals surface area contributed by atoms with Gasteiger partial charge in [-0.1, -0.05) is 53.4 Å². The van der Waals surface area contributed by atoms with Gasteiger partial charge < -0.3 is 0 Å². The Morgan fingerprint density at radius 2 is 1.72 bits per heavy atom. The second kappa shape index (κ2) is 8.16. The first-order valence-electron chi connectivity index (χ1n) is 7.11. The molecule has 0 bridgehead atoms. The molecule has 1 atom stereocenters. The summed E-state index contributed by atoms with van der Waals surface area (Å²) in [6.45, 7) is 8.74. The van der Waals surface area contributed by atoms with Gasteiger partial charge >= 0.3 is 0 Å². The fraction of sp³-hybridized carbons (Fsp3) is 1.00. The Kier molecular flexibility index (Phi) is 8.11. The van der Waals surface area contributed by atoms with Crippen LogP contribution in [0.5, 0.6) is 0 Å².